The summed E-state index contributed by atoms with van der Waals surface area (Å²) in [5, 5.41) is 8.87. The van der Waals surface area contributed by atoms with Gasteiger partial charge in [-0.15, -0.1) is 0 Å². The average Bonchev–Trinajstić information content (AvgIpc) is 2.64. The smallest absolute Gasteiger partial charge is 0.423 e. The first-order chi connectivity index (χ1) is 9.61. The van der Waals surface area contributed by atoms with Crippen LogP contribution in [0.25, 0.3) is 0 Å². The van der Waals surface area contributed by atoms with Crippen LogP contribution >= 0.6 is 0 Å². The van der Waals surface area contributed by atoms with Gasteiger partial charge in [0, 0.05) is 0 Å². The summed E-state index contributed by atoms with van der Waals surface area (Å²) in [5.41, 5.74) is -0.461. The highest BCUT2D eigenvalue weighted by Gasteiger charge is 2.42. The number of nitrogens with zero attached hydrogens (tertiary/aromatic N) is 1. The zero-order valence-electron chi connectivity index (χ0n) is 10.4. The Bertz CT molecular complexity index is 641. The molecular weight excluding hydrogens is 315 g/mol. The van der Waals surface area contributed by atoms with Gasteiger partial charge in [-0.1, -0.05) is 12.1 Å². The van der Waals surface area contributed by atoms with Gasteiger partial charge in [-0.3, -0.25) is 4.18 Å². The maximum Gasteiger partial charge on any atom is 0.423 e. The lowest BCUT2D eigenvalue weighted by Gasteiger charge is -2.17. The van der Waals surface area contributed by atoms with E-state index in [1.165, 1.54) is 12.1 Å². The second-order valence-electron chi connectivity index (χ2n) is 4.37. The van der Waals surface area contributed by atoms with Crippen molar-refractivity contribution >= 4 is 16.4 Å². The van der Waals surface area contributed by atoms with E-state index in [4.69, 9.17) is 5.11 Å². The predicted molar refractivity (Wildman–Crippen MR) is 63.7 cm³/mol. The number of carbonyl (C=O) groups is 1. The van der Waals surface area contributed by atoms with Crippen molar-refractivity contribution in [2.75, 3.05) is 6.61 Å². The lowest BCUT2D eigenvalue weighted by atomic mass is 10.0. The van der Waals surface area contributed by atoms with Crippen molar-refractivity contribution in [3.63, 3.8) is 0 Å². The zero-order chi connectivity index (χ0) is 15.8. The third kappa shape index (κ3) is 3.27. The fraction of sp³-hybridized carbons (Fsp3) is 0.364. The largest absolute Gasteiger partial charge is 0.464 e. The van der Waals surface area contributed by atoms with Crippen molar-refractivity contribution in [1.82, 2.24) is 4.31 Å². The molecule has 0 spiro atoms. The Morgan fingerprint density at radius 1 is 1.33 bits per heavy atom. The number of rotatable bonds is 2. The van der Waals surface area contributed by atoms with Crippen LogP contribution in [-0.4, -0.2) is 36.6 Å². The summed E-state index contributed by atoms with van der Waals surface area (Å²) < 4.78 is 64.5. The van der Waals surface area contributed by atoms with E-state index in [2.05, 4.69) is 4.18 Å². The van der Waals surface area contributed by atoms with E-state index in [1.54, 1.807) is 0 Å². The molecule has 1 aromatic carbocycles. The van der Waals surface area contributed by atoms with E-state index in [0.29, 0.717) is 5.56 Å². The van der Waals surface area contributed by atoms with E-state index >= 15 is 0 Å². The zero-order valence-corrected chi connectivity index (χ0v) is 11.2. The standard InChI is InChI=1S/C11H10F3NO5S/c12-11(13,14)8-3-1-7(2-4-8)5-9-6-20-21(18,19)15(9)10(16)17/h1-4,9H,5-6H2,(H,16,17)/t9-/m0/s1. The van der Waals surface area contributed by atoms with Crippen molar-refractivity contribution in [3.05, 3.63) is 35.4 Å². The summed E-state index contributed by atoms with van der Waals surface area (Å²) in [6, 6.07) is 3.06. The molecule has 6 nitrogen and oxygen atoms in total. The van der Waals surface area contributed by atoms with Crippen LogP contribution in [0.15, 0.2) is 24.3 Å². The van der Waals surface area contributed by atoms with Gasteiger partial charge in [-0.25, -0.2) is 4.79 Å². The number of carboxylic acid groups (broad SMARTS) is 1. The third-order valence-corrected chi connectivity index (χ3v) is 4.29. The Kier molecular flexibility index (Phi) is 3.85. The summed E-state index contributed by atoms with van der Waals surface area (Å²) in [5.74, 6) is 0. The molecule has 1 aliphatic rings. The van der Waals surface area contributed by atoms with E-state index in [-0.39, 0.29) is 17.3 Å². The number of hydrogen-bond donors (Lipinski definition) is 1. The van der Waals surface area contributed by atoms with Gasteiger partial charge in [-0.2, -0.15) is 25.9 Å². The van der Waals surface area contributed by atoms with Crippen molar-refractivity contribution in [2.45, 2.75) is 18.6 Å². The summed E-state index contributed by atoms with van der Waals surface area (Å²) in [4.78, 5) is 10.9. The van der Waals surface area contributed by atoms with Crippen molar-refractivity contribution in [3.8, 4) is 0 Å². The monoisotopic (exact) mass is 325 g/mol. The van der Waals surface area contributed by atoms with Gasteiger partial charge in [0.1, 0.15) is 0 Å². The molecule has 1 heterocycles. The molecule has 1 aliphatic heterocycles. The number of halogens is 3. The molecule has 0 aromatic heterocycles. The minimum atomic E-state index is -4.47. The van der Waals surface area contributed by atoms with Crippen LogP contribution in [0.5, 0.6) is 0 Å². The highest BCUT2D eigenvalue weighted by molar-refractivity contribution is 7.85. The normalized spacial score (nSPS) is 21.5. The predicted octanol–water partition coefficient (Wildman–Crippen LogP) is 1.87. The molecule has 0 saturated carbocycles. The van der Waals surface area contributed by atoms with Crippen molar-refractivity contribution < 1.29 is 35.7 Å². The van der Waals surface area contributed by atoms with Crippen LogP contribution in [0, 0.1) is 0 Å². The fourth-order valence-corrected chi connectivity index (χ4v) is 3.10. The van der Waals surface area contributed by atoms with Crippen LogP contribution in [0.4, 0.5) is 18.0 Å². The topological polar surface area (TPSA) is 83.9 Å². The minimum Gasteiger partial charge on any atom is -0.464 e. The Morgan fingerprint density at radius 2 is 1.90 bits per heavy atom. The van der Waals surface area contributed by atoms with Gasteiger partial charge in [-0.05, 0) is 24.1 Å². The maximum absolute atomic E-state index is 12.4. The summed E-state index contributed by atoms with van der Waals surface area (Å²) in [6.07, 6.45) is -6.22. The third-order valence-electron chi connectivity index (χ3n) is 2.92. The Morgan fingerprint density at radius 3 is 2.38 bits per heavy atom. The molecule has 0 unspecified atom stereocenters. The average molecular weight is 325 g/mol. The number of hydrogen-bond acceptors (Lipinski definition) is 4. The van der Waals surface area contributed by atoms with Gasteiger partial charge in [0.05, 0.1) is 18.2 Å². The molecule has 1 atom stereocenters. The first-order valence-electron chi connectivity index (χ1n) is 5.69. The van der Waals surface area contributed by atoms with E-state index in [9.17, 15) is 26.4 Å². The quantitative estimate of drug-likeness (QED) is 0.897. The summed E-state index contributed by atoms with van der Waals surface area (Å²) >= 11 is 0. The molecule has 1 N–H and O–H groups in total. The lowest BCUT2D eigenvalue weighted by Crippen LogP contribution is -2.39. The number of alkyl halides is 3. The minimum absolute atomic E-state index is 0.0658. The number of benzene rings is 1. The van der Waals surface area contributed by atoms with Crippen LogP contribution in [0.2, 0.25) is 0 Å². The second kappa shape index (κ2) is 5.19. The molecule has 21 heavy (non-hydrogen) atoms. The van der Waals surface area contributed by atoms with Crippen LogP contribution in [0.3, 0.4) is 0 Å². The van der Waals surface area contributed by atoms with Gasteiger partial charge in [0.25, 0.3) is 0 Å². The van der Waals surface area contributed by atoms with Crippen LogP contribution < -0.4 is 0 Å². The summed E-state index contributed by atoms with van der Waals surface area (Å²) in [7, 11) is -4.33. The van der Waals surface area contributed by atoms with Gasteiger partial charge in [0.15, 0.2) is 0 Å². The molecule has 0 aliphatic carbocycles. The maximum atomic E-state index is 12.4. The molecule has 10 heteroatoms. The van der Waals surface area contributed by atoms with E-state index in [1.807, 2.05) is 0 Å². The molecule has 0 bridgehead atoms. The summed E-state index contributed by atoms with van der Waals surface area (Å²) in [6.45, 7) is -0.365. The van der Waals surface area contributed by atoms with Gasteiger partial charge < -0.3 is 5.11 Å². The Labute approximate surface area is 118 Å². The lowest BCUT2D eigenvalue weighted by molar-refractivity contribution is -0.137. The highest BCUT2D eigenvalue weighted by atomic mass is 32.2. The van der Waals surface area contributed by atoms with E-state index < -0.39 is 34.2 Å². The van der Waals surface area contributed by atoms with Gasteiger partial charge in [0.2, 0.25) is 0 Å². The SMILES string of the molecule is O=C(O)N1[C@@H](Cc2ccc(C(F)(F)F)cc2)COS1(=O)=O. The number of amides is 1. The van der Waals surface area contributed by atoms with Crippen LogP contribution in [-0.2, 0) is 27.1 Å². The second-order valence-corrected chi connectivity index (χ2v) is 5.86. The Hall–Kier alpha value is -1.81. The molecule has 2 rings (SSSR count). The van der Waals surface area contributed by atoms with Gasteiger partial charge >= 0.3 is 22.6 Å². The van der Waals surface area contributed by atoms with Crippen LogP contribution in [0.1, 0.15) is 11.1 Å². The molecule has 1 aromatic rings. The molecule has 1 saturated heterocycles. The molecule has 1 amide bonds. The van der Waals surface area contributed by atoms with Crippen molar-refractivity contribution in [1.29, 1.82) is 0 Å². The molecule has 0 radical (unpaired) electrons. The van der Waals surface area contributed by atoms with E-state index in [0.717, 1.165) is 12.1 Å². The molecule has 116 valence electrons. The molecular formula is C11H10F3NO5S. The fourth-order valence-electron chi connectivity index (χ4n) is 1.97. The highest BCUT2D eigenvalue weighted by Crippen LogP contribution is 2.30. The first kappa shape index (κ1) is 15.6. The Balaban J connectivity index is 2.17. The van der Waals surface area contributed by atoms with Crippen molar-refractivity contribution in [2.24, 2.45) is 0 Å². The molecule has 1 fully saturated rings. The first-order valence-corrected chi connectivity index (χ1v) is 7.05.